The van der Waals surface area contributed by atoms with Gasteiger partial charge in [-0.05, 0) is 56.8 Å². The van der Waals surface area contributed by atoms with E-state index >= 15 is 0 Å². The number of nitrogens with two attached hydrogens (primary N) is 1. The van der Waals surface area contributed by atoms with Crippen molar-refractivity contribution in [2.75, 3.05) is 38.6 Å². The number of anilines is 1. The molecule has 1 aliphatic heterocycles. The van der Waals surface area contributed by atoms with Crippen LogP contribution in [-0.2, 0) is 16.0 Å². The Kier molecular flexibility index (Phi) is 7.37. The van der Waals surface area contributed by atoms with Crippen molar-refractivity contribution in [2.45, 2.75) is 39.5 Å². The molecule has 1 unspecified atom stereocenters. The van der Waals surface area contributed by atoms with Gasteiger partial charge in [-0.25, -0.2) is 0 Å². The van der Waals surface area contributed by atoms with Crippen LogP contribution >= 0.6 is 0 Å². The smallest absolute Gasteiger partial charge is 0.310 e. The highest BCUT2D eigenvalue weighted by Crippen LogP contribution is 2.24. The molecule has 2 rings (SSSR count). The average molecular weight is 334 g/mol. The Labute approximate surface area is 145 Å². The summed E-state index contributed by atoms with van der Waals surface area (Å²) in [5.74, 6) is 0.735. The van der Waals surface area contributed by atoms with Crippen LogP contribution in [0, 0.1) is 5.92 Å². The summed E-state index contributed by atoms with van der Waals surface area (Å²) in [5.41, 5.74) is 7.97. The van der Waals surface area contributed by atoms with E-state index in [1.165, 1.54) is 5.56 Å². The van der Waals surface area contributed by atoms with E-state index in [0.29, 0.717) is 18.9 Å². The summed E-state index contributed by atoms with van der Waals surface area (Å²) < 4.78 is 10.8. The zero-order chi connectivity index (χ0) is 17.4. The molecule has 0 bridgehead atoms. The molecular weight excluding hydrogens is 304 g/mol. The fourth-order valence-electron chi connectivity index (χ4n) is 3.10. The van der Waals surface area contributed by atoms with Crippen molar-refractivity contribution in [1.29, 1.82) is 0 Å². The van der Waals surface area contributed by atoms with Crippen molar-refractivity contribution in [3.05, 3.63) is 23.8 Å². The zero-order valence-electron chi connectivity index (χ0n) is 14.9. The molecule has 0 saturated carbocycles. The number of piperidine rings is 1. The van der Waals surface area contributed by atoms with Gasteiger partial charge in [-0.3, -0.25) is 4.79 Å². The van der Waals surface area contributed by atoms with E-state index in [1.54, 1.807) is 0 Å². The first-order valence-corrected chi connectivity index (χ1v) is 9.04. The Morgan fingerprint density at radius 1 is 1.38 bits per heavy atom. The number of carbonyl (C=O) groups is 1. The van der Waals surface area contributed by atoms with E-state index < -0.39 is 0 Å². The number of ether oxygens (including phenoxy) is 2. The highest BCUT2D eigenvalue weighted by molar-refractivity contribution is 5.72. The molecule has 5 nitrogen and oxygen atoms in total. The number of esters is 1. The predicted molar refractivity (Wildman–Crippen MR) is 96.1 cm³/mol. The topological polar surface area (TPSA) is 64.8 Å². The maximum atomic E-state index is 11.9. The van der Waals surface area contributed by atoms with Crippen LogP contribution in [0.1, 0.15) is 38.7 Å². The lowest BCUT2D eigenvalue weighted by Crippen LogP contribution is -2.40. The molecule has 1 aliphatic rings. The first-order valence-electron chi connectivity index (χ1n) is 9.04. The molecule has 134 valence electrons. The van der Waals surface area contributed by atoms with Gasteiger partial charge in [-0.15, -0.1) is 0 Å². The first kappa shape index (κ1) is 18.6. The molecule has 0 aliphatic carbocycles. The minimum atomic E-state index is -0.0520. The Hall–Kier alpha value is -1.75. The van der Waals surface area contributed by atoms with Gasteiger partial charge in [0.25, 0.3) is 0 Å². The van der Waals surface area contributed by atoms with Gasteiger partial charge in [-0.2, -0.15) is 0 Å². The van der Waals surface area contributed by atoms with Crippen molar-refractivity contribution >= 4 is 11.7 Å². The van der Waals surface area contributed by atoms with Crippen molar-refractivity contribution in [2.24, 2.45) is 5.92 Å². The lowest BCUT2D eigenvalue weighted by atomic mass is 9.97. The van der Waals surface area contributed by atoms with Crippen LogP contribution in [0.5, 0.6) is 5.75 Å². The molecule has 24 heavy (non-hydrogen) atoms. The average Bonchev–Trinajstić information content (AvgIpc) is 2.59. The Morgan fingerprint density at radius 3 is 2.92 bits per heavy atom. The highest BCUT2D eigenvalue weighted by Gasteiger charge is 2.26. The number of hydrogen-bond acceptors (Lipinski definition) is 5. The third-order valence-electron chi connectivity index (χ3n) is 4.38. The molecule has 1 fully saturated rings. The Balaban J connectivity index is 1.84. The third-order valence-corrected chi connectivity index (χ3v) is 4.38. The Bertz CT molecular complexity index is 533. The van der Waals surface area contributed by atoms with Crippen molar-refractivity contribution in [3.63, 3.8) is 0 Å². The van der Waals surface area contributed by atoms with Gasteiger partial charge in [0, 0.05) is 13.1 Å². The molecule has 2 N–H and O–H groups in total. The van der Waals surface area contributed by atoms with Gasteiger partial charge in [0.1, 0.15) is 5.75 Å². The van der Waals surface area contributed by atoms with Crippen LogP contribution in [0.25, 0.3) is 0 Å². The van der Waals surface area contributed by atoms with E-state index in [0.717, 1.165) is 51.1 Å². The number of nitrogen functional groups attached to an aromatic ring is 1. The van der Waals surface area contributed by atoms with Crippen LogP contribution in [0.2, 0.25) is 0 Å². The summed E-state index contributed by atoms with van der Waals surface area (Å²) in [6.45, 7) is 7.86. The van der Waals surface area contributed by atoms with E-state index in [2.05, 4.69) is 17.9 Å². The van der Waals surface area contributed by atoms with Crippen LogP contribution in [0.4, 0.5) is 5.69 Å². The van der Waals surface area contributed by atoms with Crippen molar-refractivity contribution < 1.29 is 14.3 Å². The number of carbonyl (C=O) groups excluding carboxylic acids is 1. The fraction of sp³-hybridized carbons (Fsp3) is 0.632. The van der Waals surface area contributed by atoms with E-state index in [9.17, 15) is 4.79 Å². The monoisotopic (exact) mass is 334 g/mol. The summed E-state index contributed by atoms with van der Waals surface area (Å²) in [6, 6.07) is 6.03. The van der Waals surface area contributed by atoms with Gasteiger partial charge in [-0.1, -0.05) is 13.0 Å². The third kappa shape index (κ3) is 5.41. The summed E-state index contributed by atoms with van der Waals surface area (Å²) in [7, 11) is 0. The molecule has 5 heteroatoms. The standard InChI is InChI=1S/C19H30N2O3/c1-3-12-24-18-8-7-15(13-17(18)20)9-11-21-10-5-6-16(14-21)19(22)23-4-2/h7-8,13,16H,3-6,9-12,14,20H2,1-2H3. The molecule has 1 aromatic rings. The van der Waals surface area contributed by atoms with Gasteiger partial charge < -0.3 is 20.1 Å². The molecule has 1 heterocycles. The predicted octanol–water partition coefficient (Wildman–Crippen LogP) is 2.88. The molecule has 1 atom stereocenters. The second-order valence-corrected chi connectivity index (χ2v) is 6.36. The van der Waals surface area contributed by atoms with Gasteiger partial charge >= 0.3 is 5.97 Å². The highest BCUT2D eigenvalue weighted by atomic mass is 16.5. The fourth-order valence-corrected chi connectivity index (χ4v) is 3.10. The van der Waals surface area contributed by atoms with E-state index in [1.807, 2.05) is 19.1 Å². The summed E-state index contributed by atoms with van der Waals surface area (Å²) in [4.78, 5) is 14.3. The van der Waals surface area contributed by atoms with E-state index in [-0.39, 0.29) is 11.9 Å². The van der Waals surface area contributed by atoms with Crippen LogP contribution in [0.15, 0.2) is 18.2 Å². The summed E-state index contributed by atoms with van der Waals surface area (Å²) in [5, 5.41) is 0. The van der Waals surface area contributed by atoms with Crippen LogP contribution in [-0.4, -0.2) is 43.7 Å². The summed E-state index contributed by atoms with van der Waals surface area (Å²) >= 11 is 0. The normalized spacial score (nSPS) is 18.3. The molecule has 1 aromatic carbocycles. The van der Waals surface area contributed by atoms with Crippen LogP contribution in [0.3, 0.4) is 0 Å². The molecule has 0 spiro atoms. The molecule has 0 aromatic heterocycles. The van der Waals surface area contributed by atoms with Crippen molar-refractivity contribution in [3.8, 4) is 5.75 Å². The van der Waals surface area contributed by atoms with Gasteiger partial charge in [0.2, 0.25) is 0 Å². The summed E-state index contributed by atoms with van der Waals surface area (Å²) in [6.07, 6.45) is 3.88. The Morgan fingerprint density at radius 2 is 2.21 bits per heavy atom. The molecule has 0 amide bonds. The molecule has 0 radical (unpaired) electrons. The minimum absolute atomic E-state index is 0.0218. The number of hydrogen-bond donors (Lipinski definition) is 1. The number of rotatable bonds is 8. The SMILES string of the molecule is CCCOc1ccc(CCN2CCCC(C(=O)OCC)C2)cc1N. The number of nitrogens with zero attached hydrogens (tertiary/aromatic N) is 1. The largest absolute Gasteiger partial charge is 0.491 e. The number of likely N-dealkylation sites (tertiary alicyclic amines) is 1. The lowest BCUT2D eigenvalue weighted by Gasteiger charge is -2.31. The number of benzene rings is 1. The van der Waals surface area contributed by atoms with Gasteiger partial charge in [0.05, 0.1) is 24.8 Å². The second-order valence-electron chi connectivity index (χ2n) is 6.36. The van der Waals surface area contributed by atoms with Crippen molar-refractivity contribution in [1.82, 2.24) is 4.90 Å². The first-order chi connectivity index (χ1) is 11.6. The maximum Gasteiger partial charge on any atom is 0.310 e. The zero-order valence-corrected chi connectivity index (χ0v) is 14.9. The second kappa shape index (κ2) is 9.52. The van der Waals surface area contributed by atoms with Gasteiger partial charge in [0.15, 0.2) is 0 Å². The van der Waals surface area contributed by atoms with Crippen LogP contribution < -0.4 is 10.5 Å². The van der Waals surface area contributed by atoms with E-state index in [4.69, 9.17) is 15.2 Å². The quantitative estimate of drug-likeness (QED) is 0.585. The maximum absolute atomic E-state index is 11.9. The molecular formula is C19H30N2O3. The molecule has 1 saturated heterocycles. The lowest BCUT2D eigenvalue weighted by molar-refractivity contribution is -0.149. The minimum Gasteiger partial charge on any atom is -0.491 e.